The number of carbonyl (C=O) groups excluding carboxylic acids is 1. The van der Waals surface area contributed by atoms with Crippen LogP contribution < -0.4 is 5.32 Å². The summed E-state index contributed by atoms with van der Waals surface area (Å²) < 4.78 is 5.67. The SMILES string of the molecule is C#CCCC1(CCC(=O)NCCN2CCOC(C)(C)C2)N=N1. The summed E-state index contributed by atoms with van der Waals surface area (Å²) in [6, 6.07) is 0. The molecule has 6 nitrogen and oxygen atoms in total. The lowest BCUT2D eigenvalue weighted by Crippen LogP contribution is -2.50. The molecule has 0 atom stereocenters. The van der Waals surface area contributed by atoms with E-state index in [-0.39, 0.29) is 17.2 Å². The third kappa shape index (κ3) is 5.39. The van der Waals surface area contributed by atoms with E-state index in [1.165, 1.54) is 0 Å². The quantitative estimate of drug-likeness (QED) is 0.692. The van der Waals surface area contributed by atoms with Crippen LogP contribution in [0, 0.1) is 12.3 Å². The van der Waals surface area contributed by atoms with Crippen LogP contribution in [0.2, 0.25) is 0 Å². The predicted molar refractivity (Wildman–Crippen MR) is 84.4 cm³/mol. The maximum absolute atomic E-state index is 11.9. The minimum Gasteiger partial charge on any atom is -0.373 e. The molecular formula is C16H26N4O2. The van der Waals surface area contributed by atoms with Crippen LogP contribution in [0.5, 0.6) is 0 Å². The van der Waals surface area contributed by atoms with Crippen LogP contribution in [0.25, 0.3) is 0 Å². The molecule has 0 unspecified atom stereocenters. The van der Waals surface area contributed by atoms with Crippen LogP contribution in [-0.4, -0.2) is 54.9 Å². The Kier molecular flexibility index (Phi) is 5.54. The van der Waals surface area contributed by atoms with E-state index in [4.69, 9.17) is 11.2 Å². The summed E-state index contributed by atoms with van der Waals surface area (Å²) in [5.74, 6) is 2.65. The molecule has 1 N–H and O–H groups in total. The molecular weight excluding hydrogens is 280 g/mol. The van der Waals surface area contributed by atoms with Gasteiger partial charge in [-0.2, -0.15) is 10.2 Å². The van der Waals surface area contributed by atoms with Gasteiger partial charge < -0.3 is 10.1 Å². The topological polar surface area (TPSA) is 66.3 Å². The number of hydrogen-bond acceptors (Lipinski definition) is 5. The minimum absolute atomic E-state index is 0.0601. The second kappa shape index (κ2) is 7.21. The highest BCUT2D eigenvalue weighted by Crippen LogP contribution is 2.37. The molecule has 2 rings (SSSR count). The second-order valence-corrected chi connectivity index (χ2v) is 6.62. The van der Waals surface area contributed by atoms with Crippen LogP contribution in [0.4, 0.5) is 0 Å². The average molecular weight is 306 g/mol. The smallest absolute Gasteiger partial charge is 0.220 e. The number of nitrogens with zero attached hydrogens (tertiary/aromatic N) is 3. The van der Waals surface area contributed by atoms with Crippen LogP contribution in [0.15, 0.2) is 10.2 Å². The zero-order valence-electron chi connectivity index (χ0n) is 13.6. The van der Waals surface area contributed by atoms with Gasteiger partial charge >= 0.3 is 0 Å². The molecule has 0 aromatic heterocycles. The highest BCUT2D eigenvalue weighted by Gasteiger charge is 2.39. The summed E-state index contributed by atoms with van der Waals surface area (Å²) >= 11 is 0. The lowest BCUT2D eigenvalue weighted by molar-refractivity contribution is -0.121. The molecule has 2 heterocycles. The summed E-state index contributed by atoms with van der Waals surface area (Å²) in [7, 11) is 0. The van der Waals surface area contributed by atoms with E-state index in [9.17, 15) is 4.79 Å². The van der Waals surface area contributed by atoms with Gasteiger partial charge in [0.25, 0.3) is 0 Å². The van der Waals surface area contributed by atoms with Gasteiger partial charge in [-0.05, 0) is 13.8 Å². The summed E-state index contributed by atoms with van der Waals surface area (Å²) in [5.41, 5.74) is -0.460. The lowest BCUT2D eigenvalue weighted by Gasteiger charge is -2.38. The number of ether oxygens (including phenoxy) is 1. The van der Waals surface area contributed by atoms with Gasteiger partial charge in [-0.25, -0.2) is 0 Å². The first-order chi connectivity index (χ1) is 10.4. The average Bonchev–Trinajstić information content (AvgIpc) is 3.23. The van der Waals surface area contributed by atoms with Gasteiger partial charge in [0, 0.05) is 51.9 Å². The Balaban J connectivity index is 1.57. The van der Waals surface area contributed by atoms with Gasteiger partial charge in [0.1, 0.15) is 0 Å². The molecule has 0 aromatic rings. The van der Waals surface area contributed by atoms with Gasteiger partial charge in [0.05, 0.1) is 12.2 Å². The molecule has 0 bridgehead atoms. The summed E-state index contributed by atoms with van der Waals surface area (Å²) in [6.07, 6.45) is 7.76. The number of morpholine rings is 1. The zero-order chi connectivity index (χ0) is 16.1. The van der Waals surface area contributed by atoms with Crippen molar-refractivity contribution in [3.8, 4) is 12.3 Å². The fourth-order valence-corrected chi connectivity index (χ4v) is 2.73. The van der Waals surface area contributed by atoms with E-state index in [1.807, 2.05) is 0 Å². The maximum Gasteiger partial charge on any atom is 0.220 e. The monoisotopic (exact) mass is 306 g/mol. The lowest BCUT2D eigenvalue weighted by atomic mass is 10.0. The fourth-order valence-electron chi connectivity index (χ4n) is 2.73. The van der Waals surface area contributed by atoms with Crippen LogP contribution in [0.1, 0.15) is 39.5 Å². The maximum atomic E-state index is 11.9. The minimum atomic E-state index is -0.363. The van der Waals surface area contributed by atoms with Crippen molar-refractivity contribution >= 4 is 5.91 Å². The van der Waals surface area contributed by atoms with E-state index in [0.29, 0.717) is 25.8 Å². The molecule has 1 fully saturated rings. The normalized spacial score (nSPS) is 22.0. The van der Waals surface area contributed by atoms with Crippen molar-refractivity contribution in [2.24, 2.45) is 10.2 Å². The Labute approximate surface area is 132 Å². The van der Waals surface area contributed by atoms with Gasteiger partial charge in [-0.15, -0.1) is 12.3 Å². The molecule has 122 valence electrons. The molecule has 2 aliphatic rings. The van der Waals surface area contributed by atoms with Crippen molar-refractivity contribution in [3.05, 3.63) is 0 Å². The van der Waals surface area contributed by atoms with Gasteiger partial charge in [-0.3, -0.25) is 9.69 Å². The highest BCUT2D eigenvalue weighted by atomic mass is 16.5. The predicted octanol–water partition coefficient (Wildman–Crippen LogP) is 1.57. The number of amides is 1. The van der Waals surface area contributed by atoms with Gasteiger partial charge in [0.15, 0.2) is 5.66 Å². The highest BCUT2D eigenvalue weighted by molar-refractivity contribution is 5.75. The number of nitrogens with one attached hydrogen (secondary N) is 1. The van der Waals surface area contributed by atoms with Crippen molar-refractivity contribution in [3.63, 3.8) is 0 Å². The van der Waals surface area contributed by atoms with E-state index in [2.05, 4.69) is 40.2 Å². The molecule has 0 aliphatic carbocycles. The second-order valence-electron chi connectivity index (χ2n) is 6.62. The Morgan fingerprint density at radius 2 is 2.18 bits per heavy atom. The standard InChI is InChI=1S/C16H26N4O2/c1-4-5-7-16(18-19-16)8-6-14(21)17-9-10-20-11-12-22-15(2,3)13-20/h1H,5-13H2,2-3H3,(H,17,21). The first kappa shape index (κ1) is 16.9. The molecule has 22 heavy (non-hydrogen) atoms. The molecule has 6 heteroatoms. The molecule has 0 saturated carbocycles. The van der Waals surface area contributed by atoms with Gasteiger partial charge in [-0.1, -0.05) is 0 Å². The van der Waals surface area contributed by atoms with Crippen LogP contribution >= 0.6 is 0 Å². The van der Waals surface area contributed by atoms with Crippen molar-refractivity contribution in [1.82, 2.24) is 10.2 Å². The van der Waals surface area contributed by atoms with E-state index in [1.54, 1.807) is 0 Å². The zero-order valence-corrected chi connectivity index (χ0v) is 13.6. The van der Waals surface area contributed by atoms with Crippen molar-refractivity contribution in [2.45, 2.75) is 50.8 Å². The Bertz CT molecular complexity index is 461. The molecule has 1 saturated heterocycles. The molecule has 0 aromatic carbocycles. The van der Waals surface area contributed by atoms with Crippen molar-refractivity contribution < 1.29 is 9.53 Å². The third-order valence-corrected chi connectivity index (χ3v) is 4.06. The summed E-state index contributed by atoms with van der Waals surface area (Å²) in [6.45, 7) is 8.28. The summed E-state index contributed by atoms with van der Waals surface area (Å²) in [5, 5.41) is 11.0. The van der Waals surface area contributed by atoms with Crippen LogP contribution in [0.3, 0.4) is 0 Å². The molecule has 1 amide bonds. The Morgan fingerprint density at radius 3 is 2.82 bits per heavy atom. The van der Waals surface area contributed by atoms with Crippen LogP contribution in [-0.2, 0) is 9.53 Å². The number of terminal acetylenes is 1. The molecule has 0 spiro atoms. The largest absolute Gasteiger partial charge is 0.373 e. The van der Waals surface area contributed by atoms with E-state index >= 15 is 0 Å². The Morgan fingerprint density at radius 1 is 1.41 bits per heavy atom. The first-order valence-electron chi connectivity index (χ1n) is 7.95. The van der Waals surface area contributed by atoms with E-state index in [0.717, 1.165) is 32.7 Å². The van der Waals surface area contributed by atoms with Crippen molar-refractivity contribution in [2.75, 3.05) is 32.8 Å². The molecule has 2 aliphatic heterocycles. The van der Waals surface area contributed by atoms with Gasteiger partial charge in [0.2, 0.25) is 5.91 Å². The number of hydrogen-bond donors (Lipinski definition) is 1. The van der Waals surface area contributed by atoms with E-state index < -0.39 is 0 Å². The summed E-state index contributed by atoms with van der Waals surface area (Å²) in [4.78, 5) is 14.2. The fraction of sp³-hybridized carbons (Fsp3) is 0.812. The number of rotatable bonds is 8. The Hall–Kier alpha value is -1.45. The molecule has 0 radical (unpaired) electrons. The first-order valence-corrected chi connectivity index (χ1v) is 7.95. The third-order valence-electron chi connectivity index (χ3n) is 4.06. The van der Waals surface area contributed by atoms with Crippen molar-refractivity contribution in [1.29, 1.82) is 0 Å². The number of carbonyl (C=O) groups is 1.